The van der Waals surface area contributed by atoms with Crippen molar-refractivity contribution in [2.75, 3.05) is 23.3 Å². The molecule has 1 aromatic carbocycles. The molecule has 3 rings (SSSR count). The molecule has 8 heteroatoms. The molecule has 0 bridgehead atoms. The molecule has 1 fully saturated rings. The summed E-state index contributed by atoms with van der Waals surface area (Å²) in [6.07, 6.45) is 6.08. The lowest BCUT2D eigenvalue weighted by Gasteiger charge is -2.33. The summed E-state index contributed by atoms with van der Waals surface area (Å²) in [5.74, 6) is -0.750. The Kier molecular flexibility index (Phi) is 5.75. The number of nitriles is 1. The van der Waals surface area contributed by atoms with Crippen LogP contribution in [0.3, 0.4) is 0 Å². The van der Waals surface area contributed by atoms with Crippen LogP contribution in [0, 0.1) is 17.2 Å². The van der Waals surface area contributed by atoms with Crippen LogP contribution < -0.4 is 10.2 Å². The number of aromatic amines is 1. The minimum absolute atomic E-state index is 0.0598. The number of carboxylic acid groups (broad SMARTS) is 1. The van der Waals surface area contributed by atoms with Gasteiger partial charge in [0.15, 0.2) is 11.5 Å². The van der Waals surface area contributed by atoms with Crippen molar-refractivity contribution in [1.82, 2.24) is 9.97 Å². The molecule has 144 valence electrons. The van der Waals surface area contributed by atoms with Gasteiger partial charge < -0.3 is 20.3 Å². The van der Waals surface area contributed by atoms with Crippen molar-refractivity contribution < 1.29 is 14.7 Å². The van der Waals surface area contributed by atoms with Gasteiger partial charge in [-0.15, -0.1) is 0 Å². The predicted octanol–water partition coefficient (Wildman–Crippen LogP) is 2.87. The number of amides is 1. The topological polar surface area (TPSA) is 122 Å². The monoisotopic (exact) mass is 379 g/mol. The zero-order valence-corrected chi connectivity index (χ0v) is 15.5. The van der Waals surface area contributed by atoms with E-state index < -0.39 is 11.9 Å². The van der Waals surface area contributed by atoms with Crippen molar-refractivity contribution in [1.29, 1.82) is 5.26 Å². The molecule has 0 spiro atoms. The van der Waals surface area contributed by atoms with Gasteiger partial charge in [-0.1, -0.05) is 13.0 Å². The summed E-state index contributed by atoms with van der Waals surface area (Å²) in [7, 11) is 0. The molecular formula is C20H21N5O3. The van der Waals surface area contributed by atoms with Gasteiger partial charge in [-0.05, 0) is 42.5 Å². The van der Waals surface area contributed by atoms with Gasteiger partial charge >= 0.3 is 5.97 Å². The second kappa shape index (κ2) is 8.39. The second-order valence-electron chi connectivity index (χ2n) is 6.82. The van der Waals surface area contributed by atoms with Crippen LogP contribution in [0.15, 0.2) is 30.5 Å². The fourth-order valence-electron chi connectivity index (χ4n) is 3.11. The van der Waals surface area contributed by atoms with Crippen molar-refractivity contribution in [3.63, 3.8) is 0 Å². The molecule has 0 unspecified atom stereocenters. The summed E-state index contributed by atoms with van der Waals surface area (Å²) < 4.78 is 0. The third-order valence-electron chi connectivity index (χ3n) is 4.72. The summed E-state index contributed by atoms with van der Waals surface area (Å²) in [5.41, 5.74) is 2.32. The summed E-state index contributed by atoms with van der Waals surface area (Å²) in [4.78, 5) is 32.1. The maximum atomic E-state index is 12.5. The lowest BCUT2D eigenvalue weighted by molar-refractivity contribution is -0.131. The van der Waals surface area contributed by atoms with Gasteiger partial charge in [-0.3, -0.25) is 4.79 Å². The molecule has 1 aliphatic heterocycles. The molecule has 2 aromatic rings. The standard InChI is InChI=1S/C20H21N5O3/c1-13-6-8-25(9-7-13)17-10-14(3-5-18(26)27)2-4-16(17)24-20(28)19-22-12-15(11-21)23-19/h2-5,10,12-13H,6-9H2,1H3,(H,22,23)(H,24,28)(H,26,27). The van der Waals surface area contributed by atoms with Crippen molar-refractivity contribution in [2.24, 2.45) is 5.92 Å². The molecule has 1 amide bonds. The first kappa shape index (κ1) is 19.2. The molecular weight excluding hydrogens is 358 g/mol. The van der Waals surface area contributed by atoms with Gasteiger partial charge in [0.05, 0.1) is 11.4 Å². The average molecular weight is 379 g/mol. The lowest BCUT2D eigenvalue weighted by Crippen LogP contribution is -2.33. The third kappa shape index (κ3) is 4.57. The fraction of sp³-hybridized carbons (Fsp3) is 0.300. The van der Waals surface area contributed by atoms with E-state index in [2.05, 4.69) is 27.1 Å². The maximum absolute atomic E-state index is 12.5. The number of piperidine rings is 1. The lowest BCUT2D eigenvalue weighted by atomic mass is 9.98. The smallest absolute Gasteiger partial charge is 0.328 e. The molecule has 2 heterocycles. The van der Waals surface area contributed by atoms with Crippen molar-refractivity contribution in [2.45, 2.75) is 19.8 Å². The highest BCUT2D eigenvalue weighted by atomic mass is 16.4. The van der Waals surface area contributed by atoms with Crippen molar-refractivity contribution in [3.8, 4) is 6.07 Å². The normalized spacial score (nSPS) is 14.8. The van der Waals surface area contributed by atoms with E-state index in [0.29, 0.717) is 11.6 Å². The van der Waals surface area contributed by atoms with Crippen LogP contribution >= 0.6 is 0 Å². The van der Waals surface area contributed by atoms with E-state index in [1.54, 1.807) is 12.1 Å². The summed E-state index contributed by atoms with van der Waals surface area (Å²) in [6, 6.07) is 7.24. The first-order valence-electron chi connectivity index (χ1n) is 9.03. The van der Waals surface area contributed by atoms with E-state index in [9.17, 15) is 9.59 Å². The number of hydrogen-bond donors (Lipinski definition) is 3. The second-order valence-corrected chi connectivity index (χ2v) is 6.82. The van der Waals surface area contributed by atoms with Crippen LogP contribution in [-0.2, 0) is 4.79 Å². The van der Waals surface area contributed by atoms with Gasteiger partial charge in [0.1, 0.15) is 6.07 Å². The number of nitrogens with one attached hydrogen (secondary N) is 2. The Labute approximate surface area is 162 Å². The molecule has 0 atom stereocenters. The number of H-pyrrole nitrogens is 1. The van der Waals surface area contributed by atoms with Crippen LogP contribution in [0.25, 0.3) is 6.08 Å². The number of carboxylic acids is 1. The zero-order chi connectivity index (χ0) is 20.1. The number of imidazole rings is 1. The molecule has 1 aromatic heterocycles. The molecule has 3 N–H and O–H groups in total. The number of rotatable bonds is 5. The van der Waals surface area contributed by atoms with Crippen molar-refractivity contribution >= 4 is 29.3 Å². The summed E-state index contributed by atoms with van der Waals surface area (Å²) >= 11 is 0. The summed E-state index contributed by atoms with van der Waals surface area (Å²) in [6.45, 7) is 3.93. The average Bonchev–Trinajstić information content (AvgIpc) is 3.17. The first-order chi connectivity index (χ1) is 13.5. The first-order valence-corrected chi connectivity index (χ1v) is 9.03. The van der Waals surface area contributed by atoms with Crippen LogP contribution in [0.1, 0.15) is 41.6 Å². The molecule has 0 saturated carbocycles. The van der Waals surface area contributed by atoms with Gasteiger partial charge in [0.25, 0.3) is 5.91 Å². The minimum atomic E-state index is -1.02. The number of carbonyl (C=O) groups excluding carboxylic acids is 1. The van der Waals surface area contributed by atoms with Crippen LogP contribution in [0.4, 0.5) is 11.4 Å². The van der Waals surface area contributed by atoms with Gasteiger partial charge in [-0.2, -0.15) is 5.26 Å². The molecule has 1 aliphatic rings. The summed E-state index contributed by atoms with van der Waals surface area (Å²) in [5, 5.41) is 20.6. The van der Waals surface area contributed by atoms with Crippen LogP contribution in [-0.4, -0.2) is 40.0 Å². The van der Waals surface area contributed by atoms with E-state index in [0.717, 1.165) is 43.3 Å². The van der Waals surface area contributed by atoms with Crippen LogP contribution in [0.2, 0.25) is 0 Å². The Hall–Kier alpha value is -3.60. The Morgan fingerprint density at radius 1 is 1.39 bits per heavy atom. The SMILES string of the molecule is CC1CCN(c2cc(C=CC(=O)O)ccc2NC(=O)c2nc(C#N)c[nH]2)CC1. The highest BCUT2D eigenvalue weighted by molar-refractivity contribution is 6.04. The van der Waals surface area contributed by atoms with E-state index in [-0.39, 0.29) is 11.5 Å². The minimum Gasteiger partial charge on any atom is -0.478 e. The van der Waals surface area contributed by atoms with Gasteiger partial charge in [0, 0.05) is 25.4 Å². The molecule has 1 saturated heterocycles. The van der Waals surface area contributed by atoms with E-state index in [4.69, 9.17) is 10.4 Å². The molecule has 8 nitrogen and oxygen atoms in total. The number of aliphatic carboxylic acids is 1. The highest BCUT2D eigenvalue weighted by Crippen LogP contribution is 2.31. The molecule has 0 aliphatic carbocycles. The number of nitrogens with zero attached hydrogens (tertiary/aromatic N) is 3. The van der Waals surface area contributed by atoms with Gasteiger partial charge in [-0.25, -0.2) is 9.78 Å². The van der Waals surface area contributed by atoms with Crippen molar-refractivity contribution in [3.05, 3.63) is 47.6 Å². The predicted molar refractivity (Wildman–Crippen MR) is 105 cm³/mol. The number of benzene rings is 1. The van der Waals surface area contributed by atoms with E-state index in [1.165, 1.54) is 12.3 Å². The van der Waals surface area contributed by atoms with E-state index >= 15 is 0 Å². The highest BCUT2D eigenvalue weighted by Gasteiger charge is 2.20. The Morgan fingerprint density at radius 2 is 2.14 bits per heavy atom. The fourth-order valence-corrected chi connectivity index (χ4v) is 3.11. The quantitative estimate of drug-likeness (QED) is 0.687. The number of carbonyl (C=O) groups is 2. The number of hydrogen-bond acceptors (Lipinski definition) is 5. The number of anilines is 2. The van der Waals surface area contributed by atoms with E-state index in [1.807, 2.05) is 12.1 Å². The zero-order valence-electron chi connectivity index (χ0n) is 15.5. The Morgan fingerprint density at radius 3 is 2.79 bits per heavy atom. The third-order valence-corrected chi connectivity index (χ3v) is 4.72. The molecule has 0 radical (unpaired) electrons. The van der Waals surface area contributed by atoms with Crippen LogP contribution in [0.5, 0.6) is 0 Å². The van der Waals surface area contributed by atoms with Gasteiger partial charge in [0.2, 0.25) is 0 Å². The molecule has 28 heavy (non-hydrogen) atoms. The largest absolute Gasteiger partial charge is 0.478 e. The number of aromatic nitrogens is 2. The Balaban J connectivity index is 1.88. The maximum Gasteiger partial charge on any atom is 0.328 e. The Bertz CT molecular complexity index is 949.